The topological polar surface area (TPSA) is 57.5 Å². The first-order chi connectivity index (χ1) is 6.00. The molecular weight excluding hydrogens is 188 g/mol. The summed E-state index contributed by atoms with van der Waals surface area (Å²) in [7, 11) is 0. The molecule has 0 aromatic rings. The number of carboxylic acid groups (broad SMARTS) is 1. The molecule has 2 N–H and O–H groups in total. The van der Waals surface area contributed by atoms with Gasteiger partial charge < -0.3 is 10.2 Å². The Bertz CT molecular complexity index is 157. The Morgan fingerprint density at radius 1 is 1.38 bits per heavy atom. The van der Waals surface area contributed by atoms with E-state index >= 15 is 0 Å². The number of hydrogen-bond acceptors (Lipinski definition) is 3. The Hall–Kier alpha value is -0.220. The van der Waals surface area contributed by atoms with Crippen molar-refractivity contribution in [3.63, 3.8) is 0 Å². The first kappa shape index (κ1) is 12.8. The largest absolute Gasteiger partial charge is 0.481 e. The Labute approximate surface area is 83.5 Å². The van der Waals surface area contributed by atoms with Gasteiger partial charge in [0.1, 0.15) is 0 Å². The van der Waals surface area contributed by atoms with Crippen LogP contribution in [0.1, 0.15) is 26.7 Å². The van der Waals surface area contributed by atoms with E-state index in [1.54, 1.807) is 25.6 Å². The van der Waals surface area contributed by atoms with Crippen molar-refractivity contribution in [2.45, 2.75) is 26.7 Å². The van der Waals surface area contributed by atoms with Crippen molar-refractivity contribution < 1.29 is 15.0 Å². The molecule has 0 saturated carbocycles. The van der Waals surface area contributed by atoms with Gasteiger partial charge in [-0.3, -0.25) is 4.79 Å². The van der Waals surface area contributed by atoms with Gasteiger partial charge in [-0.05, 0) is 32.4 Å². The molecule has 78 valence electrons. The van der Waals surface area contributed by atoms with Crippen molar-refractivity contribution in [3.05, 3.63) is 0 Å². The van der Waals surface area contributed by atoms with Crippen molar-refractivity contribution in [1.82, 2.24) is 0 Å². The van der Waals surface area contributed by atoms with E-state index in [0.29, 0.717) is 6.42 Å². The highest BCUT2D eigenvalue weighted by Crippen LogP contribution is 2.23. The summed E-state index contributed by atoms with van der Waals surface area (Å²) in [5.74, 6) is 0.935. The van der Waals surface area contributed by atoms with Gasteiger partial charge >= 0.3 is 5.97 Å². The molecule has 4 heteroatoms. The highest BCUT2D eigenvalue weighted by molar-refractivity contribution is 7.99. The molecule has 0 bridgehead atoms. The van der Waals surface area contributed by atoms with E-state index in [-0.39, 0.29) is 6.61 Å². The molecular formula is C9H18O3S. The van der Waals surface area contributed by atoms with Crippen molar-refractivity contribution in [1.29, 1.82) is 0 Å². The van der Waals surface area contributed by atoms with Crippen LogP contribution in [0.25, 0.3) is 0 Å². The highest BCUT2D eigenvalue weighted by Gasteiger charge is 2.25. The van der Waals surface area contributed by atoms with Gasteiger partial charge in [-0.15, -0.1) is 0 Å². The first-order valence-electron chi connectivity index (χ1n) is 4.42. The Morgan fingerprint density at radius 2 is 2.00 bits per heavy atom. The first-order valence-corrected chi connectivity index (χ1v) is 5.58. The van der Waals surface area contributed by atoms with Gasteiger partial charge in [-0.2, -0.15) is 11.8 Å². The van der Waals surface area contributed by atoms with Gasteiger partial charge in [-0.25, -0.2) is 0 Å². The third kappa shape index (κ3) is 5.93. The van der Waals surface area contributed by atoms with Crippen LogP contribution in [-0.4, -0.2) is 34.3 Å². The van der Waals surface area contributed by atoms with Gasteiger partial charge in [0.05, 0.1) is 12.0 Å². The average Bonchev–Trinajstić information content (AvgIpc) is 2.03. The lowest BCUT2D eigenvalue weighted by Crippen LogP contribution is -2.23. The molecule has 0 radical (unpaired) electrons. The lowest BCUT2D eigenvalue weighted by atomic mass is 9.88. The number of thioether (sulfide) groups is 1. The van der Waals surface area contributed by atoms with E-state index in [0.717, 1.165) is 17.9 Å². The maximum atomic E-state index is 10.7. The lowest BCUT2D eigenvalue weighted by molar-refractivity contribution is -0.147. The summed E-state index contributed by atoms with van der Waals surface area (Å²) in [6.07, 6.45) is 1.59. The minimum Gasteiger partial charge on any atom is -0.481 e. The van der Waals surface area contributed by atoms with Crippen LogP contribution in [0, 0.1) is 5.41 Å². The second-order valence-electron chi connectivity index (χ2n) is 3.63. The second kappa shape index (κ2) is 6.27. The SMILES string of the molecule is CC(C)(CCCSCCO)C(=O)O. The van der Waals surface area contributed by atoms with Crippen molar-refractivity contribution in [3.8, 4) is 0 Å². The zero-order valence-corrected chi connectivity index (χ0v) is 9.06. The van der Waals surface area contributed by atoms with Crippen LogP contribution in [-0.2, 0) is 4.79 Å². The molecule has 0 heterocycles. The molecule has 0 saturated heterocycles. The molecule has 0 rings (SSSR count). The van der Waals surface area contributed by atoms with Crippen LogP contribution >= 0.6 is 11.8 Å². The van der Waals surface area contributed by atoms with E-state index in [1.807, 2.05) is 0 Å². The molecule has 0 unspecified atom stereocenters. The van der Waals surface area contributed by atoms with Gasteiger partial charge in [0, 0.05) is 5.75 Å². The summed E-state index contributed by atoms with van der Waals surface area (Å²) in [5, 5.41) is 17.3. The van der Waals surface area contributed by atoms with E-state index in [9.17, 15) is 4.79 Å². The van der Waals surface area contributed by atoms with Crippen molar-refractivity contribution in [2.75, 3.05) is 18.1 Å². The van der Waals surface area contributed by atoms with Crippen LogP contribution in [0.3, 0.4) is 0 Å². The second-order valence-corrected chi connectivity index (χ2v) is 4.85. The van der Waals surface area contributed by atoms with Crippen LogP contribution in [0.15, 0.2) is 0 Å². The fourth-order valence-corrected chi connectivity index (χ4v) is 1.57. The van der Waals surface area contributed by atoms with Crippen LogP contribution < -0.4 is 0 Å². The van der Waals surface area contributed by atoms with Gasteiger partial charge in [0.15, 0.2) is 0 Å². The Balaban J connectivity index is 3.46. The minimum absolute atomic E-state index is 0.201. The quantitative estimate of drug-likeness (QED) is 0.621. The van der Waals surface area contributed by atoms with Gasteiger partial charge in [-0.1, -0.05) is 0 Å². The zero-order chi connectivity index (χ0) is 10.3. The molecule has 0 atom stereocenters. The Morgan fingerprint density at radius 3 is 2.46 bits per heavy atom. The monoisotopic (exact) mass is 206 g/mol. The third-order valence-electron chi connectivity index (χ3n) is 1.91. The standard InChI is InChI=1S/C9H18O3S/c1-9(2,8(11)12)4-3-6-13-7-5-10/h10H,3-7H2,1-2H3,(H,11,12). The maximum absolute atomic E-state index is 10.7. The van der Waals surface area contributed by atoms with E-state index in [2.05, 4.69) is 0 Å². The molecule has 3 nitrogen and oxygen atoms in total. The lowest BCUT2D eigenvalue weighted by Gasteiger charge is -2.18. The molecule has 0 aromatic carbocycles. The number of rotatable bonds is 7. The van der Waals surface area contributed by atoms with E-state index in [4.69, 9.17) is 10.2 Å². The van der Waals surface area contributed by atoms with E-state index < -0.39 is 11.4 Å². The molecule has 0 spiro atoms. The fraction of sp³-hybridized carbons (Fsp3) is 0.889. The maximum Gasteiger partial charge on any atom is 0.309 e. The summed E-state index contributed by atoms with van der Waals surface area (Å²) in [6, 6.07) is 0. The predicted molar refractivity (Wildman–Crippen MR) is 55.1 cm³/mol. The summed E-state index contributed by atoms with van der Waals surface area (Å²) in [6.45, 7) is 3.69. The van der Waals surface area contributed by atoms with Crippen LogP contribution in [0.5, 0.6) is 0 Å². The normalized spacial score (nSPS) is 11.6. The fourth-order valence-electron chi connectivity index (χ4n) is 0.890. The summed E-state index contributed by atoms with van der Waals surface area (Å²) in [4.78, 5) is 10.7. The Kier molecular flexibility index (Phi) is 6.16. The van der Waals surface area contributed by atoms with Crippen LogP contribution in [0.4, 0.5) is 0 Å². The van der Waals surface area contributed by atoms with Crippen LogP contribution in [0.2, 0.25) is 0 Å². The number of aliphatic carboxylic acids is 1. The zero-order valence-electron chi connectivity index (χ0n) is 8.25. The molecule has 0 aliphatic rings. The predicted octanol–water partition coefficient (Wildman–Crippen LogP) is 1.60. The number of aliphatic hydroxyl groups excluding tert-OH is 1. The molecule has 0 aliphatic carbocycles. The smallest absolute Gasteiger partial charge is 0.309 e. The number of aliphatic hydroxyl groups is 1. The molecule has 0 aromatic heterocycles. The van der Waals surface area contributed by atoms with Crippen molar-refractivity contribution in [2.24, 2.45) is 5.41 Å². The number of carbonyl (C=O) groups is 1. The van der Waals surface area contributed by atoms with E-state index in [1.165, 1.54) is 0 Å². The molecule has 13 heavy (non-hydrogen) atoms. The molecule has 0 aliphatic heterocycles. The van der Waals surface area contributed by atoms with Gasteiger partial charge in [0.2, 0.25) is 0 Å². The number of hydrogen-bond donors (Lipinski definition) is 2. The minimum atomic E-state index is -0.736. The summed E-state index contributed by atoms with van der Waals surface area (Å²) in [5.41, 5.74) is -0.611. The average molecular weight is 206 g/mol. The third-order valence-corrected chi connectivity index (χ3v) is 2.95. The summed E-state index contributed by atoms with van der Waals surface area (Å²) < 4.78 is 0. The van der Waals surface area contributed by atoms with Gasteiger partial charge in [0.25, 0.3) is 0 Å². The summed E-state index contributed by atoms with van der Waals surface area (Å²) >= 11 is 1.66. The van der Waals surface area contributed by atoms with Crippen molar-refractivity contribution >= 4 is 17.7 Å². The number of carboxylic acids is 1. The molecule has 0 fully saturated rings. The highest BCUT2D eigenvalue weighted by atomic mass is 32.2. The molecule has 0 amide bonds.